The lowest BCUT2D eigenvalue weighted by molar-refractivity contribution is -0.133. The number of piperazine rings is 1. The number of nitrogens with zero attached hydrogens (tertiary/aromatic N) is 3. The highest BCUT2D eigenvalue weighted by atomic mass is 16.5. The van der Waals surface area contributed by atoms with Crippen LogP contribution in [0.5, 0.6) is 0 Å². The van der Waals surface area contributed by atoms with E-state index in [1.807, 2.05) is 18.7 Å². The molecule has 134 valence electrons. The number of hydrogen-bond acceptors (Lipinski definition) is 5. The number of aromatic nitrogens is 1. The molecule has 1 aromatic rings. The Morgan fingerprint density at radius 1 is 1.21 bits per heavy atom. The van der Waals surface area contributed by atoms with Crippen molar-refractivity contribution in [3.8, 4) is 0 Å². The van der Waals surface area contributed by atoms with Gasteiger partial charge in [-0.3, -0.25) is 9.69 Å². The van der Waals surface area contributed by atoms with E-state index >= 15 is 0 Å². The van der Waals surface area contributed by atoms with E-state index < -0.39 is 0 Å². The number of carbonyl (C=O) groups excluding carboxylic acids is 1. The Morgan fingerprint density at radius 3 is 2.54 bits per heavy atom. The molecule has 6 heteroatoms. The summed E-state index contributed by atoms with van der Waals surface area (Å²) < 4.78 is 5.24. The zero-order chi connectivity index (χ0) is 16.9. The molecule has 1 aromatic heterocycles. The van der Waals surface area contributed by atoms with Gasteiger partial charge in [0.05, 0.1) is 5.69 Å². The molecule has 3 rings (SSSR count). The maximum absolute atomic E-state index is 12.4. The summed E-state index contributed by atoms with van der Waals surface area (Å²) in [5.74, 6) is 1.98. The van der Waals surface area contributed by atoms with E-state index in [-0.39, 0.29) is 0 Å². The molecule has 0 unspecified atom stereocenters. The predicted octanol–water partition coefficient (Wildman–Crippen LogP) is 1.72. The molecule has 1 amide bonds. The molecule has 0 saturated carbocycles. The van der Waals surface area contributed by atoms with Gasteiger partial charge in [-0.2, -0.15) is 0 Å². The average molecular weight is 334 g/mol. The van der Waals surface area contributed by atoms with Gasteiger partial charge < -0.3 is 14.7 Å². The SMILES string of the molecule is Cc1noc(C)c1CN1CCN(C(=O)CCC2CCNCC2)CC1. The van der Waals surface area contributed by atoms with Gasteiger partial charge >= 0.3 is 0 Å². The normalized spacial score (nSPS) is 20.5. The molecule has 0 atom stereocenters. The molecule has 0 spiro atoms. The molecule has 0 aromatic carbocycles. The molecule has 2 aliphatic heterocycles. The second kappa shape index (κ2) is 8.12. The minimum atomic E-state index is 0.338. The Kier molecular flexibility index (Phi) is 5.89. The monoisotopic (exact) mass is 334 g/mol. The van der Waals surface area contributed by atoms with Gasteiger partial charge in [0.15, 0.2) is 0 Å². The van der Waals surface area contributed by atoms with E-state index in [4.69, 9.17) is 4.52 Å². The van der Waals surface area contributed by atoms with Crippen molar-refractivity contribution in [2.24, 2.45) is 5.92 Å². The fraction of sp³-hybridized carbons (Fsp3) is 0.778. The first kappa shape index (κ1) is 17.4. The summed E-state index contributed by atoms with van der Waals surface area (Å²) in [5.41, 5.74) is 2.17. The Bertz CT molecular complexity index is 524. The van der Waals surface area contributed by atoms with E-state index in [1.165, 1.54) is 18.4 Å². The summed E-state index contributed by atoms with van der Waals surface area (Å²) in [5, 5.41) is 7.41. The lowest BCUT2D eigenvalue weighted by Gasteiger charge is -2.35. The topological polar surface area (TPSA) is 61.6 Å². The van der Waals surface area contributed by atoms with Gasteiger partial charge in [-0.05, 0) is 52.1 Å². The summed E-state index contributed by atoms with van der Waals surface area (Å²) in [7, 11) is 0. The second-order valence-corrected chi connectivity index (χ2v) is 7.19. The van der Waals surface area contributed by atoms with Crippen molar-refractivity contribution in [1.82, 2.24) is 20.3 Å². The predicted molar refractivity (Wildman–Crippen MR) is 92.7 cm³/mol. The molecule has 6 nitrogen and oxygen atoms in total. The summed E-state index contributed by atoms with van der Waals surface area (Å²) in [6.07, 6.45) is 4.21. The molecule has 3 heterocycles. The number of piperidine rings is 1. The number of aryl methyl sites for hydroxylation is 2. The zero-order valence-corrected chi connectivity index (χ0v) is 15.0. The second-order valence-electron chi connectivity index (χ2n) is 7.19. The number of amides is 1. The molecular formula is C18H30N4O2. The molecule has 1 N–H and O–H groups in total. The zero-order valence-electron chi connectivity index (χ0n) is 15.0. The van der Waals surface area contributed by atoms with Crippen LogP contribution < -0.4 is 5.32 Å². The fourth-order valence-electron chi connectivity index (χ4n) is 3.76. The highest BCUT2D eigenvalue weighted by molar-refractivity contribution is 5.76. The van der Waals surface area contributed by atoms with Crippen LogP contribution in [-0.2, 0) is 11.3 Å². The minimum Gasteiger partial charge on any atom is -0.361 e. The molecule has 0 bridgehead atoms. The summed E-state index contributed by atoms with van der Waals surface area (Å²) in [4.78, 5) is 16.9. The molecule has 24 heavy (non-hydrogen) atoms. The van der Waals surface area contributed by atoms with E-state index in [0.717, 1.165) is 69.6 Å². The third-order valence-electron chi connectivity index (χ3n) is 5.51. The first-order valence-electron chi connectivity index (χ1n) is 9.26. The van der Waals surface area contributed by atoms with Crippen LogP contribution in [-0.4, -0.2) is 60.1 Å². The molecular weight excluding hydrogens is 304 g/mol. The fourth-order valence-corrected chi connectivity index (χ4v) is 3.76. The number of rotatable bonds is 5. The standard InChI is InChI=1S/C18H30N4O2/c1-14-17(15(2)24-20-14)13-21-9-11-22(12-10-21)18(23)4-3-16-5-7-19-8-6-16/h16,19H,3-13H2,1-2H3. The van der Waals surface area contributed by atoms with E-state index in [9.17, 15) is 4.79 Å². The Hall–Kier alpha value is -1.40. The van der Waals surface area contributed by atoms with Gasteiger partial charge in [0.1, 0.15) is 5.76 Å². The van der Waals surface area contributed by atoms with Crippen molar-refractivity contribution in [1.29, 1.82) is 0 Å². The van der Waals surface area contributed by atoms with E-state index in [0.29, 0.717) is 12.3 Å². The first-order valence-corrected chi connectivity index (χ1v) is 9.26. The van der Waals surface area contributed by atoms with Gasteiger partial charge in [-0.15, -0.1) is 0 Å². The van der Waals surface area contributed by atoms with Crippen LogP contribution in [0.4, 0.5) is 0 Å². The van der Waals surface area contributed by atoms with Crippen LogP contribution in [0.15, 0.2) is 4.52 Å². The quantitative estimate of drug-likeness (QED) is 0.888. The van der Waals surface area contributed by atoms with Crippen LogP contribution in [0, 0.1) is 19.8 Å². The summed E-state index contributed by atoms with van der Waals surface area (Å²) in [6.45, 7) is 10.6. The van der Waals surface area contributed by atoms with Crippen LogP contribution in [0.2, 0.25) is 0 Å². The van der Waals surface area contributed by atoms with Gasteiger partial charge in [-0.25, -0.2) is 0 Å². The van der Waals surface area contributed by atoms with Crippen molar-refractivity contribution in [3.05, 3.63) is 17.0 Å². The van der Waals surface area contributed by atoms with Gasteiger partial charge in [-0.1, -0.05) is 5.16 Å². The van der Waals surface area contributed by atoms with Gasteiger partial charge in [0, 0.05) is 44.7 Å². The van der Waals surface area contributed by atoms with Gasteiger partial charge in [0.2, 0.25) is 5.91 Å². The summed E-state index contributed by atoms with van der Waals surface area (Å²) in [6, 6.07) is 0. The Balaban J connectivity index is 1.40. The third kappa shape index (κ3) is 4.36. The Morgan fingerprint density at radius 2 is 1.92 bits per heavy atom. The maximum atomic E-state index is 12.4. The molecule has 0 aliphatic carbocycles. The lowest BCUT2D eigenvalue weighted by atomic mass is 9.93. The lowest BCUT2D eigenvalue weighted by Crippen LogP contribution is -2.48. The third-order valence-corrected chi connectivity index (χ3v) is 5.51. The number of nitrogens with one attached hydrogen (secondary N) is 1. The number of carbonyl (C=O) groups is 1. The van der Waals surface area contributed by atoms with E-state index in [1.54, 1.807) is 0 Å². The van der Waals surface area contributed by atoms with Crippen LogP contribution in [0.1, 0.15) is 42.7 Å². The highest BCUT2D eigenvalue weighted by Gasteiger charge is 2.23. The first-order chi connectivity index (χ1) is 11.6. The van der Waals surface area contributed by atoms with Gasteiger partial charge in [0.25, 0.3) is 0 Å². The van der Waals surface area contributed by atoms with Crippen molar-refractivity contribution in [2.75, 3.05) is 39.3 Å². The van der Waals surface area contributed by atoms with Crippen LogP contribution in [0.25, 0.3) is 0 Å². The molecule has 2 fully saturated rings. The van der Waals surface area contributed by atoms with Crippen molar-refractivity contribution >= 4 is 5.91 Å². The average Bonchev–Trinajstić information content (AvgIpc) is 2.93. The smallest absolute Gasteiger partial charge is 0.222 e. The van der Waals surface area contributed by atoms with Crippen molar-refractivity contribution < 1.29 is 9.32 Å². The van der Waals surface area contributed by atoms with Crippen molar-refractivity contribution in [2.45, 2.75) is 46.1 Å². The van der Waals surface area contributed by atoms with E-state index in [2.05, 4.69) is 15.4 Å². The summed E-state index contributed by atoms with van der Waals surface area (Å²) >= 11 is 0. The minimum absolute atomic E-state index is 0.338. The number of hydrogen-bond donors (Lipinski definition) is 1. The van der Waals surface area contributed by atoms with Crippen LogP contribution >= 0.6 is 0 Å². The molecule has 2 aliphatic rings. The largest absolute Gasteiger partial charge is 0.361 e. The van der Waals surface area contributed by atoms with Crippen molar-refractivity contribution in [3.63, 3.8) is 0 Å². The van der Waals surface area contributed by atoms with Crippen LogP contribution in [0.3, 0.4) is 0 Å². The Labute approximate surface area is 144 Å². The highest BCUT2D eigenvalue weighted by Crippen LogP contribution is 2.20. The maximum Gasteiger partial charge on any atom is 0.222 e. The molecule has 0 radical (unpaired) electrons. The molecule has 2 saturated heterocycles.